The Hall–Kier alpha value is -0.400. The van der Waals surface area contributed by atoms with Crippen LogP contribution < -0.4 is 0 Å². The van der Waals surface area contributed by atoms with Crippen molar-refractivity contribution in [2.75, 3.05) is 0 Å². The molecule has 18 heavy (non-hydrogen) atoms. The van der Waals surface area contributed by atoms with E-state index in [-0.39, 0.29) is 5.78 Å². The molecule has 0 saturated heterocycles. The van der Waals surface area contributed by atoms with Crippen molar-refractivity contribution < 1.29 is 4.79 Å². The van der Waals surface area contributed by atoms with E-state index < -0.39 is 0 Å². The summed E-state index contributed by atoms with van der Waals surface area (Å²) in [5, 5.41) is 4.72. The molecule has 0 aliphatic carbocycles. The molecule has 6 heteroatoms. The second kappa shape index (κ2) is 5.71. The maximum atomic E-state index is 12.4. The Balaban J connectivity index is 2.47. The summed E-state index contributed by atoms with van der Waals surface area (Å²) in [4.78, 5) is 12.4. The van der Waals surface area contributed by atoms with Crippen molar-refractivity contribution in [3.05, 3.63) is 48.7 Å². The van der Waals surface area contributed by atoms with E-state index in [4.69, 9.17) is 11.6 Å². The zero-order valence-corrected chi connectivity index (χ0v) is 14.0. The third-order valence-electron chi connectivity index (χ3n) is 2.49. The third-order valence-corrected chi connectivity index (χ3v) is 4.64. The van der Waals surface area contributed by atoms with Gasteiger partial charge in [-0.15, -0.1) is 0 Å². The molecule has 2 aromatic rings. The lowest BCUT2D eigenvalue weighted by molar-refractivity contribution is 0.102. The Kier molecular flexibility index (Phi) is 4.45. The molecule has 0 amide bonds. The zero-order valence-electron chi connectivity index (χ0n) is 9.45. The Morgan fingerprint density at radius 2 is 2.28 bits per heavy atom. The highest BCUT2D eigenvalue weighted by atomic mass is 127. The molecule has 2 rings (SSSR count). The SMILES string of the molecule is CCn1ncc(Br)c1C(=O)c1ccc(I)c(Cl)c1. The fourth-order valence-corrected chi connectivity index (χ4v) is 2.59. The number of hydrogen-bond acceptors (Lipinski definition) is 2. The molecule has 0 radical (unpaired) electrons. The second-order valence-electron chi connectivity index (χ2n) is 3.61. The number of aryl methyl sites for hydroxylation is 1. The van der Waals surface area contributed by atoms with E-state index in [0.717, 1.165) is 3.57 Å². The van der Waals surface area contributed by atoms with Crippen LogP contribution in [-0.4, -0.2) is 15.6 Å². The monoisotopic (exact) mass is 438 g/mol. The number of benzene rings is 1. The van der Waals surface area contributed by atoms with Gasteiger partial charge in [-0.2, -0.15) is 5.10 Å². The predicted octanol–water partition coefficient (Wildman–Crippen LogP) is 4.15. The molecular weight excluding hydrogens is 430 g/mol. The van der Waals surface area contributed by atoms with Gasteiger partial charge in [0.25, 0.3) is 0 Å². The number of aromatic nitrogens is 2. The summed E-state index contributed by atoms with van der Waals surface area (Å²) < 4.78 is 3.29. The molecule has 0 spiro atoms. The van der Waals surface area contributed by atoms with Gasteiger partial charge in [-0.05, 0) is 63.6 Å². The molecule has 1 heterocycles. The van der Waals surface area contributed by atoms with E-state index in [9.17, 15) is 4.79 Å². The first-order chi connectivity index (χ1) is 8.54. The van der Waals surface area contributed by atoms with Crippen LogP contribution >= 0.6 is 50.1 Å². The van der Waals surface area contributed by atoms with Crippen LogP contribution in [0.25, 0.3) is 0 Å². The molecular formula is C12H9BrClIN2O. The standard InChI is InChI=1S/C12H9BrClIN2O/c1-2-17-11(8(13)6-16-17)12(18)7-3-4-10(15)9(14)5-7/h3-6H,2H2,1H3. The van der Waals surface area contributed by atoms with Gasteiger partial charge in [0, 0.05) is 15.7 Å². The van der Waals surface area contributed by atoms with Gasteiger partial charge in [0.1, 0.15) is 5.69 Å². The lowest BCUT2D eigenvalue weighted by Crippen LogP contribution is -2.11. The predicted molar refractivity (Wildman–Crippen MR) is 83.2 cm³/mol. The quantitative estimate of drug-likeness (QED) is 0.532. The van der Waals surface area contributed by atoms with Gasteiger partial charge in [-0.1, -0.05) is 11.6 Å². The van der Waals surface area contributed by atoms with Gasteiger partial charge < -0.3 is 0 Å². The zero-order chi connectivity index (χ0) is 13.3. The van der Waals surface area contributed by atoms with Crippen LogP contribution in [0.4, 0.5) is 0 Å². The van der Waals surface area contributed by atoms with Crippen molar-refractivity contribution in [2.45, 2.75) is 13.5 Å². The molecule has 0 aliphatic rings. The van der Waals surface area contributed by atoms with E-state index >= 15 is 0 Å². The minimum absolute atomic E-state index is 0.0838. The molecule has 94 valence electrons. The summed E-state index contributed by atoms with van der Waals surface area (Å²) >= 11 is 11.5. The number of ketones is 1. The highest BCUT2D eigenvalue weighted by molar-refractivity contribution is 14.1. The molecule has 1 aromatic carbocycles. The number of carbonyl (C=O) groups excluding carboxylic acids is 1. The average molecular weight is 439 g/mol. The van der Waals surface area contributed by atoms with Crippen LogP contribution in [0.3, 0.4) is 0 Å². The lowest BCUT2D eigenvalue weighted by atomic mass is 10.1. The Morgan fingerprint density at radius 1 is 1.56 bits per heavy atom. The topological polar surface area (TPSA) is 34.9 Å². The smallest absolute Gasteiger partial charge is 0.212 e. The van der Waals surface area contributed by atoms with Crippen LogP contribution in [-0.2, 0) is 6.54 Å². The van der Waals surface area contributed by atoms with Gasteiger partial charge in [-0.25, -0.2) is 0 Å². The summed E-state index contributed by atoms with van der Waals surface area (Å²) in [6, 6.07) is 5.29. The summed E-state index contributed by atoms with van der Waals surface area (Å²) in [6.07, 6.45) is 1.63. The van der Waals surface area contributed by atoms with Crippen molar-refractivity contribution in [3.8, 4) is 0 Å². The molecule has 0 saturated carbocycles. The van der Waals surface area contributed by atoms with Gasteiger partial charge >= 0.3 is 0 Å². The Morgan fingerprint density at radius 3 is 2.89 bits per heavy atom. The molecule has 0 unspecified atom stereocenters. The van der Waals surface area contributed by atoms with Crippen molar-refractivity contribution in [1.29, 1.82) is 0 Å². The van der Waals surface area contributed by atoms with Crippen LogP contribution in [0.2, 0.25) is 5.02 Å². The van der Waals surface area contributed by atoms with Gasteiger partial charge in [0.2, 0.25) is 5.78 Å². The van der Waals surface area contributed by atoms with Crippen molar-refractivity contribution in [3.63, 3.8) is 0 Å². The Bertz CT molecular complexity index is 612. The number of nitrogens with zero attached hydrogens (tertiary/aromatic N) is 2. The fourth-order valence-electron chi connectivity index (χ4n) is 1.60. The summed E-state index contributed by atoms with van der Waals surface area (Å²) in [7, 11) is 0. The molecule has 3 nitrogen and oxygen atoms in total. The molecule has 0 aliphatic heterocycles. The highest BCUT2D eigenvalue weighted by Crippen LogP contribution is 2.24. The number of carbonyl (C=O) groups is 1. The first-order valence-corrected chi connectivity index (χ1v) is 7.50. The van der Waals surface area contributed by atoms with E-state index in [1.807, 2.05) is 13.0 Å². The summed E-state index contributed by atoms with van der Waals surface area (Å²) in [5.74, 6) is -0.0838. The van der Waals surface area contributed by atoms with Crippen LogP contribution in [0.5, 0.6) is 0 Å². The minimum atomic E-state index is -0.0838. The first-order valence-electron chi connectivity index (χ1n) is 5.25. The van der Waals surface area contributed by atoms with Gasteiger partial charge in [0.05, 0.1) is 15.7 Å². The maximum absolute atomic E-state index is 12.4. The third kappa shape index (κ3) is 2.62. The van der Waals surface area contributed by atoms with Crippen LogP contribution in [0.1, 0.15) is 23.0 Å². The Labute approximate surface area is 132 Å². The second-order valence-corrected chi connectivity index (χ2v) is 6.04. The fraction of sp³-hybridized carbons (Fsp3) is 0.167. The minimum Gasteiger partial charge on any atom is -0.287 e. The molecule has 1 aromatic heterocycles. The van der Waals surface area contributed by atoms with E-state index in [1.165, 1.54) is 0 Å². The molecule has 0 atom stereocenters. The number of hydrogen-bond donors (Lipinski definition) is 0. The van der Waals surface area contributed by atoms with Crippen molar-refractivity contribution >= 4 is 55.9 Å². The molecule has 0 fully saturated rings. The normalized spacial score (nSPS) is 10.7. The van der Waals surface area contributed by atoms with E-state index in [2.05, 4.69) is 43.6 Å². The number of halogens is 3. The van der Waals surface area contributed by atoms with Gasteiger partial charge in [-0.3, -0.25) is 9.48 Å². The van der Waals surface area contributed by atoms with Gasteiger partial charge in [0.15, 0.2) is 0 Å². The maximum Gasteiger partial charge on any atom is 0.212 e. The van der Waals surface area contributed by atoms with E-state index in [1.54, 1.807) is 23.0 Å². The van der Waals surface area contributed by atoms with E-state index in [0.29, 0.717) is 27.3 Å². The average Bonchev–Trinajstić information content (AvgIpc) is 2.73. The summed E-state index contributed by atoms with van der Waals surface area (Å²) in [6.45, 7) is 2.59. The molecule has 0 N–H and O–H groups in total. The molecule has 0 bridgehead atoms. The summed E-state index contributed by atoms with van der Waals surface area (Å²) in [5.41, 5.74) is 1.12. The van der Waals surface area contributed by atoms with Crippen LogP contribution in [0.15, 0.2) is 28.9 Å². The largest absolute Gasteiger partial charge is 0.287 e. The highest BCUT2D eigenvalue weighted by Gasteiger charge is 2.18. The van der Waals surface area contributed by atoms with Crippen LogP contribution in [0, 0.1) is 3.57 Å². The lowest BCUT2D eigenvalue weighted by Gasteiger charge is -2.06. The number of rotatable bonds is 3. The van der Waals surface area contributed by atoms with Crippen molar-refractivity contribution in [2.24, 2.45) is 0 Å². The van der Waals surface area contributed by atoms with Crippen molar-refractivity contribution in [1.82, 2.24) is 9.78 Å². The first kappa shape index (κ1) is 14.0.